The lowest BCUT2D eigenvalue weighted by atomic mass is 9.85. The number of halogens is 1. The van der Waals surface area contributed by atoms with Gasteiger partial charge in [0.1, 0.15) is 0 Å². The summed E-state index contributed by atoms with van der Waals surface area (Å²) in [5, 5.41) is 6.81. The molecule has 2 rings (SSSR count). The molecule has 2 saturated carbocycles. The first-order valence-electron chi connectivity index (χ1n) is 10.4. The standard InChI is InChI=1S/C20H39N5O.HI/c1-6-21-19(22-13-14-25(16(2)3)17-9-10-17)23-15-20(11-7-8-12-20)18(26)24(4)5;/h16-17H,6-15H2,1-5H3,(H2,21,22,23);1H. The van der Waals surface area contributed by atoms with Crippen LogP contribution in [0.15, 0.2) is 4.99 Å². The van der Waals surface area contributed by atoms with Crippen molar-refractivity contribution in [1.82, 2.24) is 20.4 Å². The molecule has 7 heteroatoms. The molecule has 158 valence electrons. The Morgan fingerprint density at radius 3 is 2.30 bits per heavy atom. The molecular formula is C20H40IN5O. The van der Waals surface area contributed by atoms with E-state index in [1.807, 2.05) is 14.1 Å². The van der Waals surface area contributed by atoms with Crippen LogP contribution in [0.3, 0.4) is 0 Å². The predicted molar refractivity (Wildman–Crippen MR) is 124 cm³/mol. The summed E-state index contributed by atoms with van der Waals surface area (Å²) < 4.78 is 0. The van der Waals surface area contributed by atoms with Crippen molar-refractivity contribution in [2.45, 2.75) is 71.4 Å². The number of carbonyl (C=O) groups is 1. The Kier molecular flexibility index (Phi) is 10.4. The minimum Gasteiger partial charge on any atom is -0.357 e. The summed E-state index contributed by atoms with van der Waals surface area (Å²) in [6, 6.07) is 1.36. The van der Waals surface area contributed by atoms with Crippen molar-refractivity contribution < 1.29 is 4.79 Å². The number of guanidine groups is 1. The van der Waals surface area contributed by atoms with Crippen molar-refractivity contribution >= 4 is 35.8 Å². The number of hydrogen-bond donors (Lipinski definition) is 2. The Morgan fingerprint density at radius 1 is 1.19 bits per heavy atom. The molecule has 0 aliphatic heterocycles. The number of amides is 1. The lowest BCUT2D eigenvalue weighted by Gasteiger charge is -2.29. The highest BCUT2D eigenvalue weighted by Gasteiger charge is 2.42. The highest BCUT2D eigenvalue weighted by Crippen LogP contribution is 2.39. The lowest BCUT2D eigenvalue weighted by Crippen LogP contribution is -2.45. The quantitative estimate of drug-likeness (QED) is 0.295. The molecule has 6 nitrogen and oxygen atoms in total. The summed E-state index contributed by atoms with van der Waals surface area (Å²) >= 11 is 0. The molecule has 2 N–H and O–H groups in total. The van der Waals surface area contributed by atoms with E-state index in [1.54, 1.807) is 4.90 Å². The van der Waals surface area contributed by atoms with Crippen LogP contribution < -0.4 is 10.6 Å². The van der Waals surface area contributed by atoms with E-state index >= 15 is 0 Å². The topological polar surface area (TPSA) is 60.0 Å². The molecule has 0 heterocycles. The number of hydrogen-bond acceptors (Lipinski definition) is 3. The van der Waals surface area contributed by atoms with Gasteiger partial charge in [-0.3, -0.25) is 14.7 Å². The molecule has 27 heavy (non-hydrogen) atoms. The summed E-state index contributed by atoms with van der Waals surface area (Å²) in [5.41, 5.74) is -0.302. The molecule has 0 aromatic rings. The van der Waals surface area contributed by atoms with Gasteiger partial charge in [0.15, 0.2) is 5.96 Å². The van der Waals surface area contributed by atoms with Gasteiger partial charge in [-0.25, -0.2) is 0 Å². The zero-order valence-corrected chi connectivity index (χ0v) is 20.2. The van der Waals surface area contributed by atoms with E-state index < -0.39 is 0 Å². The fourth-order valence-corrected chi connectivity index (χ4v) is 4.11. The zero-order valence-electron chi connectivity index (χ0n) is 17.9. The number of aliphatic imine (C=N–C) groups is 1. The van der Waals surface area contributed by atoms with Crippen LogP contribution in [0.1, 0.15) is 59.3 Å². The zero-order chi connectivity index (χ0) is 19.2. The Hall–Kier alpha value is -0.570. The van der Waals surface area contributed by atoms with Crippen LogP contribution in [0.2, 0.25) is 0 Å². The number of carbonyl (C=O) groups excluding carboxylic acids is 1. The maximum absolute atomic E-state index is 12.7. The molecule has 0 radical (unpaired) electrons. The highest BCUT2D eigenvalue weighted by atomic mass is 127. The van der Waals surface area contributed by atoms with Crippen molar-refractivity contribution in [3.05, 3.63) is 0 Å². The smallest absolute Gasteiger partial charge is 0.230 e. The molecule has 2 fully saturated rings. The van der Waals surface area contributed by atoms with E-state index in [1.165, 1.54) is 12.8 Å². The average molecular weight is 493 g/mol. The second-order valence-electron chi connectivity index (χ2n) is 8.37. The molecule has 0 saturated heterocycles. The van der Waals surface area contributed by atoms with Crippen molar-refractivity contribution in [2.24, 2.45) is 10.4 Å². The fraction of sp³-hybridized carbons (Fsp3) is 0.900. The molecule has 2 aliphatic rings. The van der Waals surface area contributed by atoms with Crippen molar-refractivity contribution in [3.8, 4) is 0 Å². The van der Waals surface area contributed by atoms with Crippen LogP contribution >= 0.6 is 24.0 Å². The average Bonchev–Trinajstić information content (AvgIpc) is 3.32. The maximum atomic E-state index is 12.7. The first-order valence-corrected chi connectivity index (χ1v) is 10.4. The van der Waals surface area contributed by atoms with Gasteiger partial charge in [-0.2, -0.15) is 0 Å². The van der Waals surface area contributed by atoms with Crippen LogP contribution in [0.25, 0.3) is 0 Å². The first-order chi connectivity index (χ1) is 12.4. The Bertz CT molecular complexity index is 483. The van der Waals surface area contributed by atoms with Gasteiger partial charge in [0.2, 0.25) is 5.91 Å². The van der Waals surface area contributed by atoms with E-state index in [4.69, 9.17) is 4.99 Å². The number of rotatable bonds is 9. The highest BCUT2D eigenvalue weighted by molar-refractivity contribution is 14.0. The summed E-state index contributed by atoms with van der Waals surface area (Å²) in [6.07, 6.45) is 6.84. The van der Waals surface area contributed by atoms with Crippen molar-refractivity contribution in [3.63, 3.8) is 0 Å². The third-order valence-electron chi connectivity index (χ3n) is 5.65. The molecule has 0 bridgehead atoms. The number of nitrogens with zero attached hydrogens (tertiary/aromatic N) is 3. The minimum atomic E-state index is -0.302. The summed E-state index contributed by atoms with van der Waals surface area (Å²) in [7, 11) is 3.71. The van der Waals surface area contributed by atoms with E-state index in [0.717, 1.165) is 57.3 Å². The molecule has 0 spiro atoms. The lowest BCUT2D eigenvalue weighted by molar-refractivity contribution is -0.138. The van der Waals surface area contributed by atoms with Gasteiger partial charge in [-0.05, 0) is 46.5 Å². The van der Waals surface area contributed by atoms with Crippen LogP contribution in [0.5, 0.6) is 0 Å². The molecule has 0 aromatic heterocycles. The third kappa shape index (κ3) is 7.07. The van der Waals surface area contributed by atoms with Crippen LogP contribution in [-0.2, 0) is 4.79 Å². The van der Waals surface area contributed by atoms with Crippen molar-refractivity contribution in [2.75, 3.05) is 40.3 Å². The Morgan fingerprint density at radius 2 is 1.81 bits per heavy atom. The molecule has 1 amide bonds. The molecular weight excluding hydrogens is 453 g/mol. The molecule has 0 atom stereocenters. The van der Waals surface area contributed by atoms with Gasteiger partial charge in [0.25, 0.3) is 0 Å². The molecule has 2 aliphatic carbocycles. The van der Waals surface area contributed by atoms with Gasteiger partial charge in [-0.15, -0.1) is 24.0 Å². The van der Waals surface area contributed by atoms with Crippen LogP contribution in [0.4, 0.5) is 0 Å². The summed E-state index contributed by atoms with van der Waals surface area (Å²) in [5.74, 6) is 1.07. The largest absolute Gasteiger partial charge is 0.357 e. The van der Waals surface area contributed by atoms with E-state index in [9.17, 15) is 4.79 Å². The second-order valence-corrected chi connectivity index (χ2v) is 8.37. The molecule has 0 aromatic carbocycles. The van der Waals surface area contributed by atoms with E-state index in [-0.39, 0.29) is 35.3 Å². The van der Waals surface area contributed by atoms with Crippen LogP contribution in [-0.4, -0.2) is 74.0 Å². The first kappa shape index (κ1) is 24.5. The minimum absolute atomic E-state index is 0. The Labute approximate surface area is 182 Å². The Balaban J connectivity index is 0.00000364. The van der Waals surface area contributed by atoms with Gasteiger partial charge in [0, 0.05) is 45.8 Å². The maximum Gasteiger partial charge on any atom is 0.230 e. The van der Waals surface area contributed by atoms with Gasteiger partial charge < -0.3 is 15.5 Å². The molecule has 0 unspecified atom stereocenters. The predicted octanol–water partition coefficient (Wildman–Crippen LogP) is 2.68. The summed E-state index contributed by atoms with van der Waals surface area (Å²) in [6.45, 7) is 9.96. The van der Waals surface area contributed by atoms with Gasteiger partial charge in [0.05, 0.1) is 12.0 Å². The van der Waals surface area contributed by atoms with E-state index in [2.05, 4.69) is 36.3 Å². The fourth-order valence-electron chi connectivity index (χ4n) is 4.11. The second kappa shape index (κ2) is 11.4. The van der Waals surface area contributed by atoms with Gasteiger partial charge in [-0.1, -0.05) is 12.8 Å². The van der Waals surface area contributed by atoms with Crippen molar-refractivity contribution in [1.29, 1.82) is 0 Å². The number of nitrogens with one attached hydrogen (secondary N) is 2. The van der Waals surface area contributed by atoms with Crippen LogP contribution in [0, 0.1) is 5.41 Å². The summed E-state index contributed by atoms with van der Waals surface area (Å²) in [4.78, 5) is 21.8. The monoisotopic (exact) mass is 493 g/mol. The SMILES string of the molecule is CCNC(=NCC1(C(=O)N(C)C)CCCC1)NCCN(C(C)C)C1CC1.I. The third-order valence-corrected chi connectivity index (χ3v) is 5.65. The van der Waals surface area contributed by atoms with E-state index in [0.29, 0.717) is 12.6 Å². The van der Waals surface area contributed by atoms with Gasteiger partial charge >= 0.3 is 0 Å². The normalized spacial score (nSPS) is 19.1.